The highest BCUT2D eigenvalue weighted by Crippen LogP contribution is 1.89. The number of rotatable bonds is 6. The Labute approximate surface area is 73.1 Å². The lowest BCUT2D eigenvalue weighted by molar-refractivity contribution is 0.468. The van der Waals surface area contributed by atoms with Gasteiger partial charge in [-0.05, 0) is 26.4 Å². The molecule has 0 aromatic heterocycles. The summed E-state index contributed by atoms with van der Waals surface area (Å²) in [5.41, 5.74) is 5.23. The zero-order chi connectivity index (χ0) is 9.61. The first kappa shape index (κ1) is 11.8. The molecule has 0 aliphatic carbocycles. The van der Waals surface area contributed by atoms with Crippen molar-refractivity contribution in [3.8, 4) is 0 Å². The Bertz CT molecular complexity index is 203. The first-order valence-corrected chi connectivity index (χ1v) is 5.45. The minimum atomic E-state index is -3.85. The van der Waals surface area contributed by atoms with Gasteiger partial charge >= 0.3 is 0 Å². The third-order valence-electron chi connectivity index (χ3n) is 1.33. The lowest BCUT2D eigenvalue weighted by Gasteiger charge is -2.10. The molecule has 0 saturated carbocycles. The van der Waals surface area contributed by atoms with Gasteiger partial charge in [-0.15, -0.1) is 0 Å². The second kappa shape index (κ2) is 5.47. The molecular weight excluding hydrogens is 180 g/mol. The Hall–Kier alpha value is -0.170. The Morgan fingerprint density at radius 3 is 2.58 bits per heavy atom. The van der Waals surface area contributed by atoms with Crippen LogP contribution in [0.4, 0.5) is 0 Å². The maximum atomic E-state index is 10.4. The van der Waals surface area contributed by atoms with Crippen molar-refractivity contribution in [1.82, 2.24) is 5.32 Å². The van der Waals surface area contributed by atoms with Crippen molar-refractivity contribution in [2.24, 2.45) is 5.73 Å². The average molecular weight is 196 g/mol. The SMILES string of the molecule is CC(CS(=O)(=O)O)NCCCN. The van der Waals surface area contributed by atoms with E-state index in [0.717, 1.165) is 6.42 Å². The molecule has 0 aliphatic heterocycles. The Kier molecular flexibility index (Phi) is 5.39. The van der Waals surface area contributed by atoms with Gasteiger partial charge in [0, 0.05) is 6.04 Å². The van der Waals surface area contributed by atoms with E-state index in [-0.39, 0.29) is 11.8 Å². The zero-order valence-electron chi connectivity index (χ0n) is 7.16. The van der Waals surface area contributed by atoms with Crippen molar-refractivity contribution in [2.75, 3.05) is 18.8 Å². The summed E-state index contributed by atoms with van der Waals surface area (Å²) < 4.78 is 29.2. The fourth-order valence-corrected chi connectivity index (χ4v) is 1.58. The predicted octanol–water partition coefficient (Wildman–Crippen LogP) is -0.799. The van der Waals surface area contributed by atoms with Crippen molar-refractivity contribution >= 4 is 10.1 Å². The molecule has 0 rings (SSSR count). The van der Waals surface area contributed by atoms with E-state index in [9.17, 15) is 8.42 Å². The quantitative estimate of drug-likeness (QED) is 0.382. The maximum absolute atomic E-state index is 10.4. The van der Waals surface area contributed by atoms with Crippen LogP contribution in [0.2, 0.25) is 0 Å². The van der Waals surface area contributed by atoms with Crippen LogP contribution in [0.25, 0.3) is 0 Å². The van der Waals surface area contributed by atoms with Crippen molar-refractivity contribution in [3.63, 3.8) is 0 Å². The van der Waals surface area contributed by atoms with Crippen LogP contribution in [0.3, 0.4) is 0 Å². The first-order valence-electron chi connectivity index (χ1n) is 3.84. The largest absolute Gasteiger partial charge is 0.330 e. The maximum Gasteiger partial charge on any atom is 0.266 e. The van der Waals surface area contributed by atoms with Crippen LogP contribution in [0.1, 0.15) is 13.3 Å². The lowest BCUT2D eigenvalue weighted by atomic mass is 10.3. The molecule has 6 heteroatoms. The lowest BCUT2D eigenvalue weighted by Crippen LogP contribution is -2.34. The molecule has 0 fully saturated rings. The van der Waals surface area contributed by atoms with Gasteiger partial charge in [-0.1, -0.05) is 0 Å². The molecule has 4 N–H and O–H groups in total. The van der Waals surface area contributed by atoms with Gasteiger partial charge < -0.3 is 11.1 Å². The molecule has 0 aliphatic rings. The van der Waals surface area contributed by atoms with Crippen LogP contribution in [0, 0.1) is 0 Å². The molecule has 5 nitrogen and oxygen atoms in total. The highest BCUT2D eigenvalue weighted by atomic mass is 32.2. The Morgan fingerprint density at radius 1 is 1.58 bits per heavy atom. The van der Waals surface area contributed by atoms with Crippen molar-refractivity contribution in [2.45, 2.75) is 19.4 Å². The van der Waals surface area contributed by atoms with Gasteiger partial charge in [0.05, 0.1) is 5.75 Å². The number of nitrogens with one attached hydrogen (secondary N) is 1. The van der Waals surface area contributed by atoms with E-state index in [1.54, 1.807) is 6.92 Å². The van der Waals surface area contributed by atoms with E-state index >= 15 is 0 Å². The molecule has 0 spiro atoms. The van der Waals surface area contributed by atoms with Crippen molar-refractivity contribution in [3.05, 3.63) is 0 Å². The van der Waals surface area contributed by atoms with Gasteiger partial charge in [0.15, 0.2) is 0 Å². The minimum Gasteiger partial charge on any atom is -0.330 e. The molecule has 74 valence electrons. The normalized spacial score (nSPS) is 14.6. The second-order valence-corrected chi connectivity index (χ2v) is 4.24. The Balaban J connectivity index is 3.53. The standard InChI is InChI=1S/C6H16N2O3S/c1-6(5-12(9,10)11)8-4-2-3-7/h6,8H,2-5,7H2,1H3,(H,9,10,11). The molecule has 0 aromatic rings. The molecular formula is C6H16N2O3S. The van der Waals surface area contributed by atoms with Gasteiger partial charge in [-0.2, -0.15) is 8.42 Å². The van der Waals surface area contributed by atoms with Gasteiger partial charge in [0.2, 0.25) is 0 Å². The molecule has 0 radical (unpaired) electrons. The summed E-state index contributed by atoms with van der Waals surface area (Å²) in [6.07, 6.45) is 0.801. The van der Waals surface area contributed by atoms with E-state index in [1.807, 2.05) is 0 Å². The van der Waals surface area contributed by atoms with Gasteiger partial charge in [0.1, 0.15) is 0 Å². The van der Waals surface area contributed by atoms with Crippen LogP contribution >= 0.6 is 0 Å². The summed E-state index contributed by atoms with van der Waals surface area (Å²) >= 11 is 0. The fraction of sp³-hybridized carbons (Fsp3) is 1.00. The monoisotopic (exact) mass is 196 g/mol. The highest BCUT2D eigenvalue weighted by molar-refractivity contribution is 7.85. The smallest absolute Gasteiger partial charge is 0.266 e. The van der Waals surface area contributed by atoms with Gasteiger partial charge in [-0.25, -0.2) is 0 Å². The summed E-state index contributed by atoms with van der Waals surface area (Å²) in [5, 5.41) is 2.92. The first-order chi connectivity index (χ1) is 5.45. The summed E-state index contributed by atoms with van der Waals surface area (Å²) in [4.78, 5) is 0. The summed E-state index contributed by atoms with van der Waals surface area (Å²) in [6.45, 7) is 2.95. The third kappa shape index (κ3) is 7.93. The van der Waals surface area contributed by atoms with E-state index in [1.165, 1.54) is 0 Å². The topological polar surface area (TPSA) is 92.4 Å². The molecule has 0 saturated heterocycles. The molecule has 0 heterocycles. The van der Waals surface area contributed by atoms with E-state index in [4.69, 9.17) is 10.3 Å². The molecule has 0 amide bonds. The van der Waals surface area contributed by atoms with Crippen molar-refractivity contribution in [1.29, 1.82) is 0 Å². The van der Waals surface area contributed by atoms with Gasteiger partial charge in [-0.3, -0.25) is 4.55 Å². The van der Waals surface area contributed by atoms with Gasteiger partial charge in [0.25, 0.3) is 10.1 Å². The minimum absolute atomic E-state index is 0.230. The predicted molar refractivity (Wildman–Crippen MR) is 47.6 cm³/mol. The molecule has 1 unspecified atom stereocenters. The summed E-state index contributed by atoms with van der Waals surface area (Å²) in [5.74, 6) is -0.252. The van der Waals surface area contributed by atoms with Crippen LogP contribution < -0.4 is 11.1 Å². The number of hydrogen-bond donors (Lipinski definition) is 3. The summed E-state index contributed by atoms with van der Waals surface area (Å²) in [6, 6.07) is -0.230. The Morgan fingerprint density at radius 2 is 2.17 bits per heavy atom. The van der Waals surface area contributed by atoms with E-state index < -0.39 is 10.1 Å². The van der Waals surface area contributed by atoms with Crippen LogP contribution in [0.5, 0.6) is 0 Å². The van der Waals surface area contributed by atoms with Crippen LogP contribution in [0.15, 0.2) is 0 Å². The fourth-order valence-electron chi connectivity index (χ4n) is 0.825. The number of nitrogens with two attached hydrogens (primary N) is 1. The van der Waals surface area contributed by atoms with Crippen LogP contribution in [-0.2, 0) is 10.1 Å². The van der Waals surface area contributed by atoms with E-state index in [0.29, 0.717) is 13.1 Å². The highest BCUT2D eigenvalue weighted by Gasteiger charge is 2.10. The van der Waals surface area contributed by atoms with E-state index in [2.05, 4.69) is 5.32 Å². The molecule has 0 bridgehead atoms. The average Bonchev–Trinajstić information content (AvgIpc) is 1.84. The summed E-state index contributed by atoms with van der Waals surface area (Å²) in [7, 11) is -3.85. The second-order valence-electron chi connectivity index (χ2n) is 2.75. The molecule has 1 atom stereocenters. The molecule has 12 heavy (non-hydrogen) atoms. The van der Waals surface area contributed by atoms with Crippen LogP contribution in [-0.4, -0.2) is 37.9 Å². The third-order valence-corrected chi connectivity index (χ3v) is 2.26. The zero-order valence-corrected chi connectivity index (χ0v) is 7.97. The van der Waals surface area contributed by atoms with Crippen molar-refractivity contribution < 1.29 is 13.0 Å². The molecule has 0 aromatic carbocycles. The number of hydrogen-bond acceptors (Lipinski definition) is 4.